The second kappa shape index (κ2) is 7.85. The van der Waals surface area contributed by atoms with Gasteiger partial charge in [0.2, 0.25) is 5.91 Å². The van der Waals surface area contributed by atoms with E-state index in [9.17, 15) is 9.59 Å². The summed E-state index contributed by atoms with van der Waals surface area (Å²) >= 11 is 1.63. The molecule has 0 atom stereocenters. The Morgan fingerprint density at radius 3 is 2.52 bits per heavy atom. The topological polar surface area (TPSA) is 40.6 Å². The van der Waals surface area contributed by atoms with Crippen LogP contribution in [0, 0.1) is 5.92 Å². The van der Waals surface area contributed by atoms with E-state index in [-0.39, 0.29) is 11.8 Å². The molecule has 0 saturated carbocycles. The number of piperidine rings is 1. The van der Waals surface area contributed by atoms with E-state index in [0.717, 1.165) is 55.8 Å². The summed E-state index contributed by atoms with van der Waals surface area (Å²) in [7, 11) is 0. The third-order valence-corrected chi connectivity index (χ3v) is 7.02. The lowest BCUT2D eigenvalue weighted by Gasteiger charge is -2.31. The smallest absolute Gasteiger partial charge is 0.263 e. The zero-order valence-electron chi connectivity index (χ0n) is 15.8. The minimum absolute atomic E-state index is 0.111. The van der Waals surface area contributed by atoms with Gasteiger partial charge in [0.15, 0.2) is 0 Å². The normalized spacial score (nSPS) is 17.7. The summed E-state index contributed by atoms with van der Waals surface area (Å²) in [5, 5.41) is 0. The number of amides is 2. The van der Waals surface area contributed by atoms with Gasteiger partial charge in [0.25, 0.3) is 5.91 Å². The van der Waals surface area contributed by atoms with Crippen molar-refractivity contribution >= 4 is 23.2 Å². The molecule has 0 N–H and O–H groups in total. The molecular weight excluding hydrogens is 356 g/mol. The SMILES string of the molecule is CC(=O)N1CCc2sc(C(=O)N3CCC(Cc4ccccc4)CC3)cc2C1. The van der Waals surface area contributed by atoms with E-state index in [0.29, 0.717) is 12.5 Å². The van der Waals surface area contributed by atoms with Gasteiger partial charge in [0.1, 0.15) is 0 Å². The van der Waals surface area contributed by atoms with Crippen molar-refractivity contribution < 1.29 is 9.59 Å². The van der Waals surface area contributed by atoms with Crippen LogP contribution < -0.4 is 0 Å². The van der Waals surface area contributed by atoms with E-state index in [1.54, 1.807) is 18.3 Å². The molecule has 3 heterocycles. The number of likely N-dealkylation sites (tertiary alicyclic amines) is 1. The Labute approximate surface area is 164 Å². The summed E-state index contributed by atoms with van der Waals surface area (Å²) in [5.41, 5.74) is 2.55. The number of nitrogens with zero attached hydrogens (tertiary/aromatic N) is 2. The first kappa shape index (κ1) is 18.2. The van der Waals surface area contributed by atoms with Gasteiger partial charge in [-0.25, -0.2) is 0 Å². The molecular formula is C22H26N2O2S. The van der Waals surface area contributed by atoms with Crippen LogP contribution in [0.1, 0.15) is 45.4 Å². The summed E-state index contributed by atoms with van der Waals surface area (Å²) in [6, 6.07) is 12.7. The number of carbonyl (C=O) groups excluding carboxylic acids is 2. The van der Waals surface area contributed by atoms with Crippen LogP contribution in [0.5, 0.6) is 0 Å². The highest BCUT2D eigenvalue weighted by Crippen LogP contribution is 2.30. The second-order valence-electron chi connectivity index (χ2n) is 7.67. The Kier molecular flexibility index (Phi) is 5.30. The van der Waals surface area contributed by atoms with E-state index in [1.165, 1.54) is 10.4 Å². The van der Waals surface area contributed by atoms with Gasteiger partial charge in [0.05, 0.1) is 4.88 Å². The molecule has 2 amide bonds. The number of fused-ring (bicyclic) bond motifs is 1. The third kappa shape index (κ3) is 4.08. The minimum atomic E-state index is 0.111. The molecule has 2 aliphatic rings. The predicted octanol–water partition coefficient (Wildman–Crippen LogP) is 3.75. The Hall–Kier alpha value is -2.14. The van der Waals surface area contributed by atoms with Gasteiger partial charge < -0.3 is 9.80 Å². The fourth-order valence-electron chi connectivity index (χ4n) is 4.15. The van der Waals surface area contributed by atoms with Crippen molar-refractivity contribution in [3.05, 3.63) is 57.3 Å². The fourth-order valence-corrected chi connectivity index (χ4v) is 5.28. The lowest BCUT2D eigenvalue weighted by molar-refractivity contribution is -0.129. The molecule has 1 aromatic heterocycles. The zero-order chi connectivity index (χ0) is 18.8. The molecule has 0 aliphatic carbocycles. The molecule has 27 heavy (non-hydrogen) atoms. The fraction of sp³-hybridized carbons (Fsp3) is 0.455. The van der Waals surface area contributed by atoms with Crippen molar-refractivity contribution in [3.8, 4) is 0 Å². The minimum Gasteiger partial charge on any atom is -0.338 e. The molecule has 1 saturated heterocycles. The molecule has 0 unspecified atom stereocenters. The van der Waals surface area contributed by atoms with Crippen molar-refractivity contribution in [3.63, 3.8) is 0 Å². The predicted molar refractivity (Wildman–Crippen MR) is 108 cm³/mol. The highest BCUT2D eigenvalue weighted by molar-refractivity contribution is 7.14. The maximum Gasteiger partial charge on any atom is 0.263 e. The van der Waals surface area contributed by atoms with E-state index in [1.807, 2.05) is 15.9 Å². The van der Waals surface area contributed by atoms with Crippen LogP contribution >= 0.6 is 11.3 Å². The van der Waals surface area contributed by atoms with Crippen molar-refractivity contribution in [2.45, 2.75) is 39.2 Å². The van der Waals surface area contributed by atoms with E-state index in [4.69, 9.17) is 0 Å². The third-order valence-electron chi connectivity index (χ3n) is 5.79. The molecule has 1 aromatic carbocycles. The first-order chi connectivity index (χ1) is 13.1. The average Bonchev–Trinajstić information content (AvgIpc) is 3.12. The van der Waals surface area contributed by atoms with Gasteiger partial charge in [-0.15, -0.1) is 11.3 Å². The highest BCUT2D eigenvalue weighted by atomic mass is 32.1. The van der Waals surface area contributed by atoms with E-state index < -0.39 is 0 Å². The standard InChI is InChI=1S/C22H26N2O2S/c1-16(25)24-12-9-20-19(15-24)14-21(27-20)22(26)23-10-7-18(8-11-23)13-17-5-3-2-4-6-17/h2-6,14,18H,7-13,15H2,1H3. The van der Waals surface area contributed by atoms with Crippen LogP contribution in [0.3, 0.4) is 0 Å². The summed E-state index contributed by atoms with van der Waals surface area (Å²) in [4.78, 5) is 30.6. The largest absolute Gasteiger partial charge is 0.338 e. The van der Waals surface area contributed by atoms with Gasteiger partial charge in [-0.2, -0.15) is 0 Å². The molecule has 4 rings (SSSR count). The average molecular weight is 383 g/mol. The van der Waals surface area contributed by atoms with Gasteiger partial charge in [-0.05, 0) is 48.8 Å². The number of hydrogen-bond donors (Lipinski definition) is 0. The van der Waals surface area contributed by atoms with Crippen LogP contribution in [-0.4, -0.2) is 41.2 Å². The number of thiophene rings is 1. The Balaban J connectivity index is 1.35. The molecule has 2 aromatic rings. The Bertz CT molecular complexity index is 822. The van der Waals surface area contributed by atoms with Crippen molar-refractivity contribution in [1.29, 1.82) is 0 Å². The van der Waals surface area contributed by atoms with Crippen molar-refractivity contribution in [2.75, 3.05) is 19.6 Å². The van der Waals surface area contributed by atoms with Crippen LogP contribution in [-0.2, 0) is 24.2 Å². The molecule has 0 spiro atoms. The summed E-state index contributed by atoms with van der Waals surface area (Å²) in [5.74, 6) is 0.944. The van der Waals surface area contributed by atoms with Crippen LogP contribution in [0.4, 0.5) is 0 Å². The molecule has 4 nitrogen and oxygen atoms in total. The molecule has 0 bridgehead atoms. The monoisotopic (exact) mass is 382 g/mol. The lowest BCUT2D eigenvalue weighted by Crippen LogP contribution is -2.38. The van der Waals surface area contributed by atoms with Crippen LogP contribution in [0.15, 0.2) is 36.4 Å². The number of benzene rings is 1. The summed E-state index contributed by atoms with van der Waals surface area (Å²) in [6.07, 6.45) is 4.12. The number of carbonyl (C=O) groups is 2. The van der Waals surface area contributed by atoms with E-state index >= 15 is 0 Å². The number of hydrogen-bond acceptors (Lipinski definition) is 3. The summed E-state index contributed by atoms with van der Waals surface area (Å²) < 4.78 is 0. The lowest BCUT2D eigenvalue weighted by atomic mass is 9.90. The molecule has 5 heteroatoms. The molecule has 142 valence electrons. The van der Waals surface area contributed by atoms with Gasteiger partial charge >= 0.3 is 0 Å². The highest BCUT2D eigenvalue weighted by Gasteiger charge is 2.27. The van der Waals surface area contributed by atoms with Gasteiger partial charge in [-0.1, -0.05) is 30.3 Å². The maximum absolute atomic E-state index is 13.0. The molecule has 2 aliphatic heterocycles. The zero-order valence-corrected chi connectivity index (χ0v) is 16.6. The first-order valence-electron chi connectivity index (χ1n) is 9.80. The quantitative estimate of drug-likeness (QED) is 0.811. The molecule has 1 fully saturated rings. The summed E-state index contributed by atoms with van der Waals surface area (Å²) in [6.45, 7) is 4.72. The van der Waals surface area contributed by atoms with Crippen LogP contribution in [0.25, 0.3) is 0 Å². The van der Waals surface area contributed by atoms with Crippen LogP contribution in [0.2, 0.25) is 0 Å². The maximum atomic E-state index is 13.0. The van der Waals surface area contributed by atoms with E-state index in [2.05, 4.69) is 30.3 Å². The van der Waals surface area contributed by atoms with Gasteiger partial charge in [-0.3, -0.25) is 9.59 Å². The van der Waals surface area contributed by atoms with Crippen molar-refractivity contribution in [1.82, 2.24) is 9.80 Å². The van der Waals surface area contributed by atoms with Gasteiger partial charge in [0, 0.05) is 38.0 Å². The second-order valence-corrected chi connectivity index (χ2v) is 8.81. The van der Waals surface area contributed by atoms with Crippen molar-refractivity contribution in [2.24, 2.45) is 5.92 Å². The molecule has 0 radical (unpaired) electrons. The number of rotatable bonds is 3. The first-order valence-corrected chi connectivity index (χ1v) is 10.6. The Morgan fingerprint density at radius 2 is 1.81 bits per heavy atom. The Morgan fingerprint density at radius 1 is 1.07 bits per heavy atom.